The summed E-state index contributed by atoms with van der Waals surface area (Å²) in [5.41, 5.74) is -2.85. The molecule has 4 aliphatic rings. The first kappa shape index (κ1) is 17.8. The van der Waals surface area contributed by atoms with Gasteiger partial charge in [0.2, 0.25) is 0 Å². The minimum atomic E-state index is -0.895. The first-order valence-corrected chi connectivity index (χ1v) is 9.38. The van der Waals surface area contributed by atoms with Gasteiger partial charge in [0.15, 0.2) is 0 Å². The lowest BCUT2D eigenvalue weighted by atomic mass is 9.49. The monoisotopic (exact) mass is 337 g/mol. The minimum absolute atomic E-state index is 0.176. The molecule has 4 bridgehead atoms. The van der Waals surface area contributed by atoms with Gasteiger partial charge in [0, 0.05) is 19.3 Å². The van der Waals surface area contributed by atoms with Crippen LogP contribution in [0.15, 0.2) is 5.18 Å². The highest BCUT2D eigenvalue weighted by atomic mass is 16.6. The summed E-state index contributed by atoms with van der Waals surface area (Å²) in [5.74, 6) is 0.464. The Morgan fingerprint density at radius 2 is 2.00 bits per heavy atom. The molecule has 1 N–H and O–H groups in total. The lowest BCUT2D eigenvalue weighted by Crippen LogP contribution is -2.66. The summed E-state index contributed by atoms with van der Waals surface area (Å²) in [6.07, 6.45) is 5.08. The van der Waals surface area contributed by atoms with E-state index in [9.17, 15) is 14.8 Å². The fourth-order valence-electron chi connectivity index (χ4n) is 6.06. The van der Waals surface area contributed by atoms with Crippen LogP contribution in [0.3, 0.4) is 0 Å². The molecule has 136 valence electrons. The SMILES string of the molecule is CCC(C)(CC(C)C)C(=O)OC12CC3CC(O)(CC(N=O)(C3)C1)C2. The van der Waals surface area contributed by atoms with Crippen LogP contribution in [-0.4, -0.2) is 27.8 Å². The van der Waals surface area contributed by atoms with Gasteiger partial charge in [-0.1, -0.05) is 25.9 Å². The molecule has 0 aromatic carbocycles. The van der Waals surface area contributed by atoms with Crippen LogP contribution in [0.2, 0.25) is 0 Å². The van der Waals surface area contributed by atoms with Crippen molar-refractivity contribution in [3.8, 4) is 0 Å². The topological polar surface area (TPSA) is 76.0 Å². The summed E-state index contributed by atoms with van der Waals surface area (Å²) < 4.78 is 6.10. The molecule has 5 atom stereocenters. The predicted octanol–water partition coefficient (Wildman–Crippen LogP) is 3.96. The molecule has 24 heavy (non-hydrogen) atoms. The van der Waals surface area contributed by atoms with E-state index < -0.39 is 22.2 Å². The highest BCUT2D eigenvalue weighted by Gasteiger charge is 2.66. The second-order valence-electron chi connectivity index (χ2n) is 9.63. The number of carbonyl (C=O) groups excluding carboxylic acids is 1. The second-order valence-corrected chi connectivity index (χ2v) is 9.63. The Morgan fingerprint density at radius 1 is 1.29 bits per heavy atom. The molecule has 0 heterocycles. The van der Waals surface area contributed by atoms with Crippen LogP contribution in [0.25, 0.3) is 0 Å². The van der Waals surface area contributed by atoms with Gasteiger partial charge in [0.05, 0.1) is 11.0 Å². The van der Waals surface area contributed by atoms with Gasteiger partial charge in [-0.2, -0.15) is 4.91 Å². The van der Waals surface area contributed by atoms with E-state index in [1.807, 2.05) is 13.8 Å². The molecule has 5 unspecified atom stereocenters. The third-order valence-electron chi connectivity index (χ3n) is 6.59. The molecule has 5 heteroatoms. The highest BCUT2D eigenvalue weighted by molar-refractivity contribution is 5.77. The third kappa shape index (κ3) is 2.89. The lowest BCUT2D eigenvalue weighted by molar-refractivity contribution is -0.230. The number of carbonyl (C=O) groups is 1. The Morgan fingerprint density at radius 3 is 2.54 bits per heavy atom. The molecule has 4 fully saturated rings. The average molecular weight is 337 g/mol. The average Bonchev–Trinajstić information content (AvgIpc) is 2.43. The van der Waals surface area contributed by atoms with Gasteiger partial charge in [0.25, 0.3) is 0 Å². The minimum Gasteiger partial charge on any atom is -0.458 e. The lowest BCUT2D eigenvalue weighted by Gasteiger charge is -2.61. The maximum Gasteiger partial charge on any atom is 0.312 e. The van der Waals surface area contributed by atoms with E-state index in [-0.39, 0.29) is 11.9 Å². The summed E-state index contributed by atoms with van der Waals surface area (Å²) in [6.45, 7) is 8.21. The van der Waals surface area contributed by atoms with Gasteiger partial charge in [-0.05, 0) is 50.9 Å². The Hall–Kier alpha value is -0.970. The number of esters is 1. The summed E-state index contributed by atoms with van der Waals surface area (Å²) in [7, 11) is 0. The second kappa shape index (κ2) is 5.52. The molecule has 4 rings (SSSR count). The quantitative estimate of drug-likeness (QED) is 0.588. The van der Waals surface area contributed by atoms with Gasteiger partial charge in [-0.25, -0.2) is 0 Å². The summed E-state index contributed by atoms with van der Waals surface area (Å²) in [5, 5.41) is 14.3. The molecule has 4 saturated carbocycles. The number of nitrogens with zero attached hydrogens (tertiary/aromatic N) is 1. The van der Waals surface area contributed by atoms with Crippen LogP contribution in [0.5, 0.6) is 0 Å². The van der Waals surface area contributed by atoms with E-state index in [0.717, 1.165) is 25.7 Å². The smallest absolute Gasteiger partial charge is 0.312 e. The molecule has 0 aliphatic heterocycles. The van der Waals surface area contributed by atoms with Crippen LogP contribution in [0.1, 0.15) is 79.1 Å². The maximum absolute atomic E-state index is 13.0. The zero-order valence-corrected chi connectivity index (χ0v) is 15.4. The van der Waals surface area contributed by atoms with Crippen molar-refractivity contribution < 1.29 is 14.6 Å². The van der Waals surface area contributed by atoms with Gasteiger partial charge < -0.3 is 9.84 Å². The van der Waals surface area contributed by atoms with Gasteiger partial charge in [-0.3, -0.25) is 4.79 Å². The van der Waals surface area contributed by atoms with Gasteiger partial charge in [0.1, 0.15) is 11.1 Å². The van der Waals surface area contributed by atoms with Crippen LogP contribution >= 0.6 is 0 Å². The van der Waals surface area contributed by atoms with Crippen molar-refractivity contribution in [3.63, 3.8) is 0 Å². The van der Waals surface area contributed by atoms with E-state index >= 15 is 0 Å². The van der Waals surface area contributed by atoms with E-state index in [4.69, 9.17) is 4.74 Å². The Balaban J connectivity index is 1.84. The maximum atomic E-state index is 13.0. The summed E-state index contributed by atoms with van der Waals surface area (Å²) in [4.78, 5) is 24.5. The van der Waals surface area contributed by atoms with Crippen LogP contribution < -0.4 is 0 Å². The van der Waals surface area contributed by atoms with E-state index in [1.54, 1.807) is 0 Å². The number of hydrogen-bond donors (Lipinski definition) is 1. The fourth-order valence-corrected chi connectivity index (χ4v) is 6.06. The Kier molecular flexibility index (Phi) is 4.10. The molecule has 4 aliphatic carbocycles. The molecule has 5 nitrogen and oxygen atoms in total. The predicted molar refractivity (Wildman–Crippen MR) is 91.3 cm³/mol. The molecular formula is C19H31NO4. The van der Waals surface area contributed by atoms with Crippen LogP contribution in [0, 0.1) is 22.2 Å². The zero-order chi connectivity index (χ0) is 17.8. The number of rotatable bonds is 6. The first-order valence-electron chi connectivity index (χ1n) is 9.38. The normalized spacial score (nSPS) is 42.8. The molecule has 0 spiro atoms. The molecule has 0 aromatic heterocycles. The molecular weight excluding hydrogens is 306 g/mol. The summed E-state index contributed by atoms with van der Waals surface area (Å²) in [6, 6.07) is 0. The molecule has 0 aromatic rings. The largest absolute Gasteiger partial charge is 0.458 e. The van der Waals surface area contributed by atoms with Gasteiger partial charge >= 0.3 is 5.97 Å². The Labute approximate surface area is 144 Å². The summed E-state index contributed by atoms with van der Waals surface area (Å²) >= 11 is 0. The third-order valence-corrected chi connectivity index (χ3v) is 6.59. The van der Waals surface area contributed by atoms with Crippen LogP contribution in [0.4, 0.5) is 0 Å². The van der Waals surface area contributed by atoms with Gasteiger partial charge in [-0.15, -0.1) is 0 Å². The Bertz CT molecular complexity index is 549. The first-order chi connectivity index (χ1) is 11.1. The fraction of sp³-hybridized carbons (Fsp3) is 0.947. The standard InChI is InChI=1S/C19H31NO4/c1-5-16(4,6-13(2)3)15(21)24-19-9-14-7-17(11-19,20-23)10-18(22,8-14)12-19/h13-14,22H,5-12H2,1-4H3. The molecule has 0 radical (unpaired) electrons. The number of aliphatic hydroxyl groups is 1. The van der Waals surface area contributed by atoms with E-state index in [0.29, 0.717) is 31.6 Å². The van der Waals surface area contributed by atoms with Crippen molar-refractivity contribution in [1.29, 1.82) is 0 Å². The van der Waals surface area contributed by atoms with Crippen LogP contribution in [-0.2, 0) is 9.53 Å². The number of ether oxygens (including phenoxy) is 1. The molecule has 0 amide bonds. The molecule has 0 saturated heterocycles. The highest BCUT2D eigenvalue weighted by Crippen LogP contribution is 2.62. The van der Waals surface area contributed by atoms with Crippen molar-refractivity contribution >= 4 is 5.97 Å². The van der Waals surface area contributed by atoms with Crippen molar-refractivity contribution in [2.24, 2.45) is 22.4 Å². The number of nitroso groups, excluding NO2 is 1. The van der Waals surface area contributed by atoms with Crippen molar-refractivity contribution in [3.05, 3.63) is 4.91 Å². The van der Waals surface area contributed by atoms with Crippen molar-refractivity contribution in [1.82, 2.24) is 0 Å². The van der Waals surface area contributed by atoms with Crippen molar-refractivity contribution in [2.45, 2.75) is 95.8 Å². The zero-order valence-electron chi connectivity index (χ0n) is 15.4. The van der Waals surface area contributed by atoms with E-state index in [1.165, 1.54) is 0 Å². The van der Waals surface area contributed by atoms with E-state index in [2.05, 4.69) is 19.0 Å². The number of hydrogen-bond acceptors (Lipinski definition) is 5. The van der Waals surface area contributed by atoms with Crippen molar-refractivity contribution in [2.75, 3.05) is 0 Å².